The van der Waals surface area contributed by atoms with Crippen LogP contribution in [0.25, 0.3) is 0 Å². The molecule has 10 heteroatoms. The third kappa shape index (κ3) is 5.74. The molecule has 2 saturated heterocycles. The summed E-state index contributed by atoms with van der Waals surface area (Å²) in [5, 5.41) is 6.06. The topological polar surface area (TPSA) is 85.8 Å². The first-order valence-corrected chi connectivity index (χ1v) is 14.0. The van der Waals surface area contributed by atoms with Crippen molar-refractivity contribution in [3.05, 3.63) is 35.3 Å². The molecule has 33 heavy (non-hydrogen) atoms. The van der Waals surface area contributed by atoms with E-state index in [1.165, 1.54) is 0 Å². The summed E-state index contributed by atoms with van der Waals surface area (Å²) in [6, 6.07) is 6.25. The van der Waals surface area contributed by atoms with Crippen LogP contribution in [-0.2, 0) is 14.8 Å². The van der Waals surface area contributed by atoms with Gasteiger partial charge in [0.2, 0.25) is 15.9 Å². The lowest BCUT2D eigenvalue weighted by Gasteiger charge is -2.27. The number of amides is 1. The zero-order valence-corrected chi connectivity index (χ0v) is 21.0. The summed E-state index contributed by atoms with van der Waals surface area (Å²) in [6.07, 6.45) is 3.86. The smallest absolute Gasteiger partial charge is 0.243 e. The van der Waals surface area contributed by atoms with E-state index in [2.05, 4.69) is 25.5 Å². The number of thiazole rings is 1. The van der Waals surface area contributed by atoms with E-state index in [0.29, 0.717) is 18.8 Å². The predicted octanol–water partition coefficient (Wildman–Crippen LogP) is 3.17. The predicted molar refractivity (Wildman–Crippen MR) is 132 cm³/mol. The van der Waals surface area contributed by atoms with Gasteiger partial charge in [0.15, 0.2) is 5.13 Å². The third-order valence-corrected chi connectivity index (χ3v) is 9.34. The first-order chi connectivity index (χ1) is 15.8. The van der Waals surface area contributed by atoms with Crippen LogP contribution < -0.4 is 10.2 Å². The second-order valence-electron chi connectivity index (χ2n) is 8.80. The Balaban J connectivity index is 1.34. The minimum absolute atomic E-state index is 0.0832. The first kappa shape index (κ1) is 24.1. The van der Waals surface area contributed by atoms with E-state index in [0.717, 1.165) is 62.7 Å². The highest BCUT2D eigenvalue weighted by molar-refractivity contribution is 7.89. The van der Waals surface area contributed by atoms with Crippen LogP contribution in [-0.4, -0.2) is 73.8 Å². The molecule has 180 valence electrons. The number of nitrogens with zero attached hydrogens (tertiary/aromatic N) is 4. The Morgan fingerprint density at radius 2 is 1.73 bits per heavy atom. The number of hydrogen-bond donors (Lipinski definition) is 1. The maximum atomic E-state index is 12.9. The van der Waals surface area contributed by atoms with Crippen molar-refractivity contribution >= 4 is 38.1 Å². The number of piperidine rings is 1. The second kappa shape index (κ2) is 10.5. The molecule has 1 amide bonds. The van der Waals surface area contributed by atoms with Crippen molar-refractivity contribution in [3.8, 4) is 0 Å². The van der Waals surface area contributed by atoms with Crippen LogP contribution in [0.1, 0.15) is 38.3 Å². The quantitative estimate of drug-likeness (QED) is 0.668. The maximum absolute atomic E-state index is 12.9. The van der Waals surface area contributed by atoms with Gasteiger partial charge in [0.05, 0.1) is 16.6 Å². The summed E-state index contributed by atoms with van der Waals surface area (Å²) in [5.41, 5.74) is 1.65. The highest BCUT2D eigenvalue weighted by Crippen LogP contribution is 2.23. The number of aryl methyl sites for hydroxylation is 1. The molecule has 1 aromatic carbocycles. The average molecular weight is 492 g/mol. The Labute approximate surface area is 200 Å². The van der Waals surface area contributed by atoms with E-state index in [9.17, 15) is 13.2 Å². The molecular weight excluding hydrogens is 458 g/mol. The van der Waals surface area contributed by atoms with Crippen molar-refractivity contribution in [2.24, 2.45) is 0 Å². The van der Waals surface area contributed by atoms with Crippen molar-refractivity contribution in [1.29, 1.82) is 0 Å². The fourth-order valence-electron chi connectivity index (χ4n) is 4.38. The molecule has 0 bridgehead atoms. The van der Waals surface area contributed by atoms with E-state index < -0.39 is 10.0 Å². The minimum atomic E-state index is -3.47. The molecule has 0 radical (unpaired) electrons. The summed E-state index contributed by atoms with van der Waals surface area (Å²) in [7, 11) is -3.47. The molecular formula is C23H33N5O3S2. The highest BCUT2D eigenvalue weighted by Gasteiger charge is 2.27. The number of anilines is 2. The number of sulfonamides is 1. The largest absolute Gasteiger partial charge is 0.347 e. The molecule has 2 fully saturated rings. The van der Waals surface area contributed by atoms with E-state index in [-0.39, 0.29) is 16.8 Å². The van der Waals surface area contributed by atoms with Crippen LogP contribution in [0.15, 0.2) is 34.5 Å². The molecule has 2 aromatic rings. The van der Waals surface area contributed by atoms with Gasteiger partial charge in [-0.2, -0.15) is 4.31 Å². The Hall–Kier alpha value is -2.01. The second-order valence-corrected chi connectivity index (χ2v) is 11.6. The van der Waals surface area contributed by atoms with E-state index in [1.54, 1.807) is 39.9 Å². The number of carbonyl (C=O) groups excluding carboxylic acids is 1. The van der Waals surface area contributed by atoms with Gasteiger partial charge in [-0.15, -0.1) is 11.3 Å². The lowest BCUT2D eigenvalue weighted by atomic mass is 10.2. The molecule has 2 aliphatic rings. The zero-order valence-electron chi connectivity index (χ0n) is 19.4. The van der Waals surface area contributed by atoms with Crippen LogP contribution in [0, 0.1) is 6.92 Å². The summed E-state index contributed by atoms with van der Waals surface area (Å²) in [6.45, 7) is 8.50. The van der Waals surface area contributed by atoms with Crippen molar-refractivity contribution in [3.63, 3.8) is 0 Å². The molecule has 1 N–H and O–H groups in total. The number of benzene rings is 1. The van der Waals surface area contributed by atoms with Gasteiger partial charge in [0, 0.05) is 50.3 Å². The van der Waals surface area contributed by atoms with Gasteiger partial charge < -0.3 is 10.2 Å². The average Bonchev–Trinajstić information content (AvgIpc) is 3.11. The SMILES string of the molecule is Cc1csc(N2CCCN(C(C)C(=O)Nc3ccc(S(=O)(=O)N4CCCCC4)cc3)CC2)n1. The van der Waals surface area contributed by atoms with Gasteiger partial charge in [-0.1, -0.05) is 6.42 Å². The van der Waals surface area contributed by atoms with Crippen LogP contribution in [0.2, 0.25) is 0 Å². The Morgan fingerprint density at radius 3 is 2.39 bits per heavy atom. The van der Waals surface area contributed by atoms with Crippen molar-refractivity contribution in [2.75, 3.05) is 49.5 Å². The van der Waals surface area contributed by atoms with Gasteiger partial charge in [-0.05, 0) is 57.4 Å². The zero-order chi connectivity index (χ0) is 23.4. The summed E-state index contributed by atoms with van der Waals surface area (Å²) >= 11 is 1.67. The molecule has 1 aromatic heterocycles. The normalized spacial score (nSPS) is 19.8. The molecule has 2 aliphatic heterocycles. The van der Waals surface area contributed by atoms with Gasteiger partial charge in [0.1, 0.15) is 0 Å². The van der Waals surface area contributed by atoms with Crippen molar-refractivity contribution < 1.29 is 13.2 Å². The third-order valence-electron chi connectivity index (χ3n) is 6.41. The molecule has 3 heterocycles. The standard InChI is InChI=1S/C23H33N5O3S2/c1-18-17-32-23(24-18)27-12-6-11-26(15-16-27)19(2)22(29)25-20-7-9-21(10-8-20)33(30,31)28-13-4-3-5-14-28/h7-10,17,19H,3-6,11-16H2,1-2H3,(H,25,29). The van der Waals surface area contributed by atoms with Gasteiger partial charge in [-0.25, -0.2) is 13.4 Å². The number of aromatic nitrogens is 1. The van der Waals surface area contributed by atoms with Crippen LogP contribution in [0.4, 0.5) is 10.8 Å². The molecule has 8 nitrogen and oxygen atoms in total. The monoisotopic (exact) mass is 491 g/mol. The molecule has 4 rings (SSSR count). The first-order valence-electron chi connectivity index (χ1n) is 11.7. The Bertz CT molecular complexity index is 1050. The Kier molecular flexibility index (Phi) is 7.68. The summed E-state index contributed by atoms with van der Waals surface area (Å²) in [4.78, 5) is 22.3. The number of hydrogen-bond acceptors (Lipinski definition) is 7. The molecule has 0 aliphatic carbocycles. The summed E-state index contributed by atoms with van der Waals surface area (Å²) in [5.74, 6) is -0.0832. The molecule has 0 spiro atoms. The van der Waals surface area contributed by atoms with E-state index in [4.69, 9.17) is 0 Å². The van der Waals surface area contributed by atoms with Gasteiger partial charge in [0.25, 0.3) is 0 Å². The van der Waals surface area contributed by atoms with Gasteiger partial charge >= 0.3 is 0 Å². The van der Waals surface area contributed by atoms with Crippen molar-refractivity contribution in [2.45, 2.75) is 50.5 Å². The maximum Gasteiger partial charge on any atom is 0.243 e. The highest BCUT2D eigenvalue weighted by atomic mass is 32.2. The van der Waals surface area contributed by atoms with Crippen LogP contribution >= 0.6 is 11.3 Å². The Morgan fingerprint density at radius 1 is 1.00 bits per heavy atom. The fraction of sp³-hybridized carbons (Fsp3) is 0.565. The molecule has 1 unspecified atom stereocenters. The fourth-order valence-corrected chi connectivity index (χ4v) is 6.75. The summed E-state index contributed by atoms with van der Waals surface area (Å²) < 4.78 is 27.2. The number of rotatable bonds is 6. The van der Waals surface area contributed by atoms with E-state index in [1.807, 2.05) is 13.8 Å². The minimum Gasteiger partial charge on any atom is -0.347 e. The lowest BCUT2D eigenvalue weighted by molar-refractivity contribution is -0.120. The van der Waals surface area contributed by atoms with Crippen LogP contribution in [0.5, 0.6) is 0 Å². The van der Waals surface area contributed by atoms with E-state index >= 15 is 0 Å². The number of nitrogens with one attached hydrogen (secondary N) is 1. The number of carbonyl (C=O) groups is 1. The molecule has 1 atom stereocenters. The molecule has 0 saturated carbocycles. The van der Waals surface area contributed by atoms with Crippen LogP contribution in [0.3, 0.4) is 0 Å². The lowest BCUT2D eigenvalue weighted by Crippen LogP contribution is -2.44. The van der Waals surface area contributed by atoms with Gasteiger partial charge in [-0.3, -0.25) is 9.69 Å². The van der Waals surface area contributed by atoms with Crippen molar-refractivity contribution in [1.82, 2.24) is 14.2 Å².